The molecule has 1 fully saturated rings. The van der Waals surface area contributed by atoms with Crippen LogP contribution >= 0.6 is 0 Å². The first-order chi connectivity index (χ1) is 21.1. The molecule has 3 aromatic heterocycles. The largest absolute Gasteiger partial charge is 0.465 e. The second-order valence-corrected chi connectivity index (χ2v) is 11.1. The maximum absolute atomic E-state index is 16.2. The molecular weight excluding hydrogens is 566 g/mol. The first-order valence-electron chi connectivity index (χ1n) is 14.4. The highest BCUT2D eigenvalue weighted by atomic mass is 19.1. The molecule has 1 atom stereocenters. The van der Waals surface area contributed by atoms with E-state index in [1.807, 2.05) is 20.8 Å². The predicted octanol–water partition coefficient (Wildman–Crippen LogP) is 5.89. The zero-order chi connectivity index (χ0) is 31.7. The van der Waals surface area contributed by atoms with Gasteiger partial charge >= 0.3 is 11.8 Å². The van der Waals surface area contributed by atoms with E-state index in [1.165, 1.54) is 21.6 Å². The lowest BCUT2D eigenvalue weighted by Crippen LogP contribution is -2.54. The van der Waals surface area contributed by atoms with Crippen LogP contribution in [-0.4, -0.2) is 61.3 Å². The van der Waals surface area contributed by atoms with E-state index in [2.05, 4.69) is 23.1 Å². The summed E-state index contributed by atoms with van der Waals surface area (Å²) in [6.45, 7) is 13.9. The molecule has 1 saturated heterocycles. The van der Waals surface area contributed by atoms with Crippen LogP contribution in [0.5, 0.6) is 0 Å². The van der Waals surface area contributed by atoms with E-state index in [4.69, 9.17) is 4.98 Å². The molecule has 1 aliphatic heterocycles. The molecule has 5 rings (SSSR count). The van der Waals surface area contributed by atoms with Crippen LogP contribution in [0.4, 0.5) is 19.4 Å². The lowest BCUT2D eigenvalue weighted by Gasteiger charge is -2.39. The number of hydrogen-bond acceptors (Lipinski definition) is 6. The summed E-state index contributed by atoms with van der Waals surface area (Å²) in [5, 5.41) is 9.75. The first-order valence-corrected chi connectivity index (χ1v) is 14.4. The minimum absolute atomic E-state index is 0.0193. The van der Waals surface area contributed by atoms with Crippen LogP contribution in [-0.2, 0) is 12.8 Å². The number of allylic oxidation sites excluding steroid dienone is 2. The average Bonchev–Trinajstić information content (AvgIpc) is 2.98. The van der Waals surface area contributed by atoms with Gasteiger partial charge in [-0.25, -0.2) is 27.9 Å². The normalized spacial score (nSPS) is 15.2. The second-order valence-electron chi connectivity index (χ2n) is 11.1. The van der Waals surface area contributed by atoms with Crippen molar-refractivity contribution in [3.8, 4) is 16.9 Å². The molecule has 44 heavy (non-hydrogen) atoms. The van der Waals surface area contributed by atoms with Crippen molar-refractivity contribution in [3.05, 3.63) is 101 Å². The summed E-state index contributed by atoms with van der Waals surface area (Å²) >= 11 is 0. The van der Waals surface area contributed by atoms with Gasteiger partial charge in [0, 0.05) is 37.4 Å². The summed E-state index contributed by atoms with van der Waals surface area (Å²) in [6, 6.07) is 7.10. The van der Waals surface area contributed by atoms with E-state index >= 15 is 8.78 Å². The maximum atomic E-state index is 16.2. The molecule has 0 unspecified atom stereocenters. The fourth-order valence-electron chi connectivity index (χ4n) is 5.82. The molecule has 0 saturated carbocycles. The smallest absolute Gasteiger partial charge is 0.407 e. The summed E-state index contributed by atoms with van der Waals surface area (Å²) in [6.07, 6.45) is 4.60. The van der Waals surface area contributed by atoms with E-state index in [-0.39, 0.29) is 66.1 Å². The van der Waals surface area contributed by atoms with Crippen molar-refractivity contribution in [2.24, 2.45) is 0 Å². The molecular formula is C33H34F2N6O3. The van der Waals surface area contributed by atoms with Crippen molar-refractivity contribution in [3.63, 3.8) is 0 Å². The van der Waals surface area contributed by atoms with Crippen LogP contribution in [0.25, 0.3) is 28.0 Å². The number of benzene rings is 1. The van der Waals surface area contributed by atoms with Gasteiger partial charge in [0.1, 0.15) is 23.1 Å². The van der Waals surface area contributed by atoms with Gasteiger partial charge in [-0.15, -0.1) is 13.2 Å². The number of amides is 1. The van der Waals surface area contributed by atoms with Gasteiger partial charge in [-0.2, -0.15) is 4.98 Å². The van der Waals surface area contributed by atoms with Crippen LogP contribution in [0.3, 0.4) is 0 Å². The molecule has 1 aliphatic rings. The summed E-state index contributed by atoms with van der Waals surface area (Å²) in [5.74, 6) is -1.38. The molecule has 1 N–H and O–H groups in total. The predicted molar refractivity (Wildman–Crippen MR) is 167 cm³/mol. The Morgan fingerprint density at radius 1 is 1.09 bits per heavy atom. The van der Waals surface area contributed by atoms with E-state index in [9.17, 15) is 14.7 Å². The highest BCUT2D eigenvalue weighted by Crippen LogP contribution is 2.35. The molecule has 1 aromatic carbocycles. The third kappa shape index (κ3) is 5.45. The van der Waals surface area contributed by atoms with E-state index in [1.54, 1.807) is 41.4 Å². The third-order valence-electron chi connectivity index (χ3n) is 7.84. The topological polar surface area (TPSA) is 104 Å². The highest BCUT2D eigenvalue weighted by molar-refractivity contribution is 5.91. The Kier molecular flexibility index (Phi) is 8.57. The van der Waals surface area contributed by atoms with E-state index in [0.717, 1.165) is 5.56 Å². The van der Waals surface area contributed by atoms with Crippen LogP contribution in [0, 0.1) is 11.6 Å². The zero-order valence-corrected chi connectivity index (χ0v) is 24.9. The Morgan fingerprint density at radius 2 is 1.82 bits per heavy atom. The fourth-order valence-corrected chi connectivity index (χ4v) is 5.82. The highest BCUT2D eigenvalue weighted by Gasteiger charge is 2.31. The molecule has 1 amide bonds. The van der Waals surface area contributed by atoms with Gasteiger partial charge in [-0.05, 0) is 55.0 Å². The first kappa shape index (κ1) is 30.5. The van der Waals surface area contributed by atoms with E-state index < -0.39 is 23.4 Å². The lowest BCUT2D eigenvalue weighted by molar-refractivity contribution is 0.136. The van der Waals surface area contributed by atoms with Crippen molar-refractivity contribution in [2.45, 2.75) is 45.6 Å². The van der Waals surface area contributed by atoms with Gasteiger partial charge in [0.05, 0.1) is 16.8 Å². The number of halogens is 2. The van der Waals surface area contributed by atoms with Crippen molar-refractivity contribution in [1.82, 2.24) is 24.4 Å². The van der Waals surface area contributed by atoms with Gasteiger partial charge in [0.2, 0.25) is 0 Å². The Balaban J connectivity index is 1.89. The standard InChI is InChI=1S/C33H34F2N6O3/c1-6-9-21-11-8-12-24(34)26(21)28-25(35)17-23-30(40-16-15-39(33(43)44)18-20(40)5)38-32(42)41(31(23)37-28)29-22(10-7-2)13-14-36-27(29)19(3)4/h6-8,11-14,17,19-20H,1-2,9-10,15-16,18H2,3-5H3,(H,43,44)/t20-/m0/s1. The molecule has 228 valence electrons. The van der Waals surface area contributed by atoms with Gasteiger partial charge < -0.3 is 14.9 Å². The van der Waals surface area contributed by atoms with Crippen molar-refractivity contribution in [2.75, 3.05) is 24.5 Å². The summed E-state index contributed by atoms with van der Waals surface area (Å²) < 4.78 is 32.9. The molecule has 4 aromatic rings. The van der Waals surface area contributed by atoms with Crippen molar-refractivity contribution in [1.29, 1.82) is 0 Å². The van der Waals surface area contributed by atoms with E-state index in [0.29, 0.717) is 23.4 Å². The van der Waals surface area contributed by atoms with Crippen LogP contribution < -0.4 is 10.6 Å². The van der Waals surface area contributed by atoms with Gasteiger partial charge in [-0.1, -0.05) is 38.1 Å². The number of aromatic nitrogens is 4. The molecule has 0 aliphatic carbocycles. The minimum Gasteiger partial charge on any atom is -0.465 e. The summed E-state index contributed by atoms with van der Waals surface area (Å²) in [7, 11) is 0. The number of hydrogen-bond donors (Lipinski definition) is 1. The SMILES string of the molecule is C=CCc1cccc(F)c1-c1nc2c(cc1F)c(N1CCN(C(=O)O)C[C@@H]1C)nc(=O)n2-c1c(CC=C)ccnc1C(C)C. The molecule has 0 spiro atoms. The fraction of sp³-hybridized carbons (Fsp3) is 0.303. The maximum Gasteiger partial charge on any atom is 0.407 e. The number of fused-ring (bicyclic) bond motifs is 1. The molecule has 0 bridgehead atoms. The number of carbonyl (C=O) groups is 1. The number of anilines is 1. The van der Waals surface area contributed by atoms with Gasteiger partial charge in [0.15, 0.2) is 5.65 Å². The zero-order valence-electron chi connectivity index (χ0n) is 24.9. The van der Waals surface area contributed by atoms with Gasteiger partial charge in [0.25, 0.3) is 0 Å². The second kappa shape index (κ2) is 12.4. The molecule has 9 nitrogen and oxygen atoms in total. The summed E-state index contributed by atoms with van der Waals surface area (Å²) in [4.78, 5) is 42.6. The molecule has 4 heterocycles. The van der Waals surface area contributed by atoms with Gasteiger partial charge in [-0.3, -0.25) is 4.98 Å². The minimum atomic E-state index is -1.05. The van der Waals surface area contributed by atoms with Crippen LogP contribution in [0.2, 0.25) is 0 Å². The quantitative estimate of drug-likeness (QED) is 0.252. The Labute approximate surface area is 253 Å². The molecule has 11 heteroatoms. The molecule has 0 radical (unpaired) electrons. The number of pyridine rings is 2. The Bertz CT molecular complexity index is 1840. The average molecular weight is 601 g/mol. The number of rotatable bonds is 8. The monoisotopic (exact) mass is 600 g/mol. The number of carboxylic acid groups (broad SMARTS) is 1. The van der Waals surface area contributed by atoms with Crippen LogP contribution in [0.1, 0.15) is 43.5 Å². The van der Waals surface area contributed by atoms with Crippen molar-refractivity contribution < 1.29 is 18.7 Å². The number of nitrogens with zero attached hydrogens (tertiary/aromatic N) is 6. The Morgan fingerprint density at radius 3 is 2.48 bits per heavy atom. The third-order valence-corrected chi connectivity index (χ3v) is 7.84. The summed E-state index contributed by atoms with van der Waals surface area (Å²) in [5.41, 5.74) is 1.44. The number of piperazine rings is 1. The Hall–Kier alpha value is -4.93. The lowest BCUT2D eigenvalue weighted by atomic mass is 9.99. The van der Waals surface area contributed by atoms with Crippen LogP contribution in [0.15, 0.2) is 66.6 Å². The van der Waals surface area contributed by atoms with Crippen molar-refractivity contribution >= 4 is 22.9 Å².